The summed E-state index contributed by atoms with van der Waals surface area (Å²) in [4.78, 5) is 14.4. The number of esters is 1. The molecule has 1 aromatic heterocycles. The first kappa shape index (κ1) is 9.04. The van der Waals surface area contributed by atoms with E-state index < -0.39 is 5.97 Å². The molecule has 0 N–H and O–H groups in total. The van der Waals surface area contributed by atoms with Gasteiger partial charge in [-0.2, -0.15) is 0 Å². The number of hydrogen-bond donors (Lipinski definition) is 0. The van der Waals surface area contributed by atoms with Gasteiger partial charge in [0.1, 0.15) is 4.88 Å². The molecule has 1 heterocycles. The van der Waals surface area contributed by atoms with Gasteiger partial charge in [-0.25, -0.2) is 9.64 Å². The van der Waals surface area contributed by atoms with E-state index in [1.54, 1.807) is 0 Å². The van der Waals surface area contributed by atoms with Crippen molar-refractivity contribution in [2.45, 2.75) is 0 Å². The third-order valence-electron chi connectivity index (χ3n) is 1.20. The predicted molar refractivity (Wildman–Crippen MR) is 46.9 cm³/mol. The topological polar surface area (TPSA) is 30.7 Å². The van der Waals surface area contributed by atoms with Crippen LogP contribution >= 0.6 is 22.9 Å². The number of carbonyl (C=O) groups is 1. The van der Waals surface area contributed by atoms with Crippen molar-refractivity contribution in [3.8, 4) is 0 Å². The van der Waals surface area contributed by atoms with E-state index in [4.69, 9.17) is 18.2 Å². The molecule has 0 unspecified atom stereocenters. The van der Waals surface area contributed by atoms with Gasteiger partial charge in [0.25, 0.3) is 0 Å². The zero-order valence-electron chi connectivity index (χ0n) is 6.13. The van der Waals surface area contributed by atoms with Crippen LogP contribution in [0.4, 0.5) is 5.69 Å². The fourth-order valence-corrected chi connectivity index (χ4v) is 1.80. The van der Waals surface area contributed by atoms with Crippen molar-refractivity contribution in [3.63, 3.8) is 0 Å². The lowest BCUT2D eigenvalue weighted by molar-refractivity contribution is 0.0606. The third-order valence-corrected chi connectivity index (χ3v) is 2.65. The molecule has 0 aliphatic heterocycles. The molecule has 0 atom stereocenters. The molecular formula is C7H4ClNO2S. The van der Waals surface area contributed by atoms with Crippen LogP contribution in [0.25, 0.3) is 4.85 Å². The summed E-state index contributed by atoms with van der Waals surface area (Å²) in [7, 11) is 1.27. The van der Waals surface area contributed by atoms with Crippen molar-refractivity contribution < 1.29 is 9.53 Å². The minimum absolute atomic E-state index is 0.182. The van der Waals surface area contributed by atoms with Gasteiger partial charge in [-0.3, -0.25) is 0 Å². The van der Waals surface area contributed by atoms with Gasteiger partial charge in [0.15, 0.2) is 0 Å². The molecule has 5 heteroatoms. The molecule has 0 saturated heterocycles. The smallest absolute Gasteiger partial charge is 0.348 e. The van der Waals surface area contributed by atoms with E-state index >= 15 is 0 Å². The Balaban J connectivity index is 3.12. The van der Waals surface area contributed by atoms with Crippen molar-refractivity contribution in [1.29, 1.82) is 0 Å². The highest BCUT2D eigenvalue weighted by Gasteiger charge is 2.16. The molecule has 0 radical (unpaired) electrons. The van der Waals surface area contributed by atoms with Crippen LogP contribution in [0.3, 0.4) is 0 Å². The second-order valence-corrected chi connectivity index (χ2v) is 3.13. The van der Waals surface area contributed by atoms with Gasteiger partial charge in [-0.15, -0.1) is 11.3 Å². The van der Waals surface area contributed by atoms with Crippen LogP contribution in [0, 0.1) is 6.57 Å². The van der Waals surface area contributed by atoms with Crippen LogP contribution in [0.2, 0.25) is 5.02 Å². The Morgan fingerprint density at radius 2 is 2.50 bits per heavy atom. The molecule has 0 saturated carbocycles. The highest BCUT2D eigenvalue weighted by molar-refractivity contribution is 7.13. The summed E-state index contributed by atoms with van der Waals surface area (Å²) in [5.74, 6) is -0.500. The van der Waals surface area contributed by atoms with Gasteiger partial charge in [-0.05, 0) is 5.38 Å². The monoisotopic (exact) mass is 201 g/mol. The molecule has 12 heavy (non-hydrogen) atoms. The van der Waals surface area contributed by atoms with Crippen molar-refractivity contribution in [2.75, 3.05) is 7.11 Å². The molecule has 1 aromatic rings. The minimum Gasteiger partial charge on any atom is -0.465 e. The van der Waals surface area contributed by atoms with Crippen LogP contribution in [-0.4, -0.2) is 13.1 Å². The van der Waals surface area contributed by atoms with Crippen molar-refractivity contribution in [3.05, 3.63) is 26.7 Å². The van der Waals surface area contributed by atoms with Crippen molar-refractivity contribution >= 4 is 34.6 Å². The minimum atomic E-state index is -0.500. The van der Waals surface area contributed by atoms with Gasteiger partial charge in [-0.1, -0.05) is 11.6 Å². The van der Waals surface area contributed by atoms with Crippen LogP contribution in [0.15, 0.2) is 5.38 Å². The summed E-state index contributed by atoms with van der Waals surface area (Å²) in [5.41, 5.74) is 0.294. The van der Waals surface area contributed by atoms with E-state index in [1.807, 2.05) is 0 Å². The zero-order valence-corrected chi connectivity index (χ0v) is 7.70. The quantitative estimate of drug-likeness (QED) is 0.517. The first-order valence-corrected chi connectivity index (χ1v) is 4.19. The van der Waals surface area contributed by atoms with E-state index in [2.05, 4.69) is 9.58 Å². The lowest BCUT2D eigenvalue weighted by Gasteiger charge is -1.94. The molecular weight excluding hydrogens is 198 g/mol. The standard InChI is InChI=1S/C7H4ClNO2S/c1-9-4-3-12-6(5(4)8)7(10)11-2/h3H,2H3. The summed E-state index contributed by atoms with van der Waals surface area (Å²) in [6.07, 6.45) is 0. The first-order chi connectivity index (χ1) is 5.70. The molecule has 0 bridgehead atoms. The normalized spacial score (nSPS) is 9.08. The van der Waals surface area contributed by atoms with Gasteiger partial charge >= 0.3 is 5.97 Å². The average molecular weight is 202 g/mol. The SMILES string of the molecule is [C-]#[N+]c1csc(C(=O)OC)c1Cl. The van der Waals surface area contributed by atoms with Gasteiger partial charge < -0.3 is 4.74 Å². The molecule has 3 nitrogen and oxygen atoms in total. The maximum absolute atomic E-state index is 11.0. The summed E-state index contributed by atoms with van der Waals surface area (Å²) in [6, 6.07) is 0. The Morgan fingerprint density at radius 3 is 2.92 bits per heavy atom. The number of thiophene rings is 1. The largest absolute Gasteiger partial charge is 0.465 e. The molecule has 0 amide bonds. The highest BCUT2D eigenvalue weighted by atomic mass is 35.5. The highest BCUT2D eigenvalue weighted by Crippen LogP contribution is 2.34. The summed E-state index contributed by atoms with van der Waals surface area (Å²) >= 11 is 6.81. The molecule has 0 fully saturated rings. The van der Waals surface area contributed by atoms with Crippen LogP contribution in [-0.2, 0) is 4.74 Å². The van der Waals surface area contributed by atoms with E-state index in [-0.39, 0.29) is 9.90 Å². The number of hydrogen-bond acceptors (Lipinski definition) is 3. The average Bonchev–Trinajstić information content (AvgIpc) is 2.45. The van der Waals surface area contributed by atoms with Crippen LogP contribution in [0.1, 0.15) is 9.67 Å². The van der Waals surface area contributed by atoms with E-state index in [9.17, 15) is 4.79 Å². The summed E-state index contributed by atoms with van der Waals surface area (Å²) in [6.45, 7) is 6.69. The number of ether oxygens (including phenoxy) is 1. The first-order valence-electron chi connectivity index (χ1n) is 2.93. The maximum Gasteiger partial charge on any atom is 0.348 e. The molecule has 0 aliphatic rings. The fourth-order valence-electron chi connectivity index (χ4n) is 0.640. The lowest BCUT2D eigenvalue weighted by atomic mass is 10.4. The van der Waals surface area contributed by atoms with Crippen LogP contribution in [0.5, 0.6) is 0 Å². The van der Waals surface area contributed by atoms with E-state index in [0.717, 1.165) is 11.3 Å². The van der Waals surface area contributed by atoms with Crippen molar-refractivity contribution in [1.82, 2.24) is 0 Å². The van der Waals surface area contributed by atoms with E-state index in [0.29, 0.717) is 5.69 Å². The molecule has 1 rings (SSSR count). The van der Waals surface area contributed by atoms with Crippen molar-refractivity contribution in [2.24, 2.45) is 0 Å². The summed E-state index contributed by atoms with van der Waals surface area (Å²) in [5, 5.41) is 1.71. The number of halogens is 1. The Hall–Kier alpha value is -1.05. The molecule has 0 spiro atoms. The second kappa shape index (κ2) is 3.57. The Bertz CT molecular complexity index is 353. The molecule has 62 valence electrons. The van der Waals surface area contributed by atoms with Gasteiger partial charge in [0, 0.05) is 0 Å². The Labute approximate surface area is 78.3 Å². The van der Waals surface area contributed by atoms with Crippen LogP contribution < -0.4 is 0 Å². The Kier molecular flexibility index (Phi) is 2.69. The Morgan fingerprint density at radius 1 is 1.83 bits per heavy atom. The number of rotatable bonds is 1. The fraction of sp³-hybridized carbons (Fsp3) is 0.143. The number of methoxy groups -OCH3 is 1. The number of nitrogens with zero attached hydrogens (tertiary/aromatic N) is 1. The van der Waals surface area contributed by atoms with Gasteiger partial charge in [0.2, 0.25) is 5.69 Å². The predicted octanol–water partition coefficient (Wildman–Crippen LogP) is 2.74. The van der Waals surface area contributed by atoms with E-state index in [1.165, 1.54) is 12.5 Å². The molecule has 0 aromatic carbocycles. The number of carbonyl (C=O) groups excluding carboxylic acids is 1. The molecule has 0 aliphatic carbocycles. The maximum atomic E-state index is 11.0. The third kappa shape index (κ3) is 1.42. The summed E-state index contributed by atoms with van der Waals surface area (Å²) < 4.78 is 4.46. The van der Waals surface area contributed by atoms with Gasteiger partial charge in [0.05, 0.1) is 18.7 Å². The second-order valence-electron chi connectivity index (χ2n) is 1.87. The zero-order chi connectivity index (χ0) is 9.14. The lowest BCUT2D eigenvalue weighted by Crippen LogP contribution is -1.97.